The lowest BCUT2D eigenvalue weighted by Crippen LogP contribution is -2.42. The maximum absolute atomic E-state index is 10.9. The number of fused-ring (bicyclic) bond motifs is 2. The van der Waals surface area contributed by atoms with E-state index in [4.69, 9.17) is 9.84 Å². The molecule has 0 spiro atoms. The lowest BCUT2D eigenvalue weighted by molar-refractivity contribution is -0.138. The van der Waals surface area contributed by atoms with Gasteiger partial charge < -0.3 is 9.84 Å². The van der Waals surface area contributed by atoms with Gasteiger partial charge in [-0.15, -0.1) is 0 Å². The van der Waals surface area contributed by atoms with Crippen LogP contribution in [0.4, 0.5) is 0 Å². The predicted octanol–water partition coefficient (Wildman–Crippen LogP) is 2.31. The van der Waals surface area contributed by atoms with Gasteiger partial charge in [-0.1, -0.05) is 6.07 Å². The van der Waals surface area contributed by atoms with Crippen LogP contribution in [0, 0.1) is 5.92 Å². The molecule has 114 valence electrons. The second kappa shape index (κ2) is 6.02. The number of aliphatic carboxylic acids is 1. The Bertz CT molecular complexity index is 506. The molecule has 2 bridgehead atoms. The summed E-state index contributed by atoms with van der Waals surface area (Å²) in [5, 5.41) is 8.99. The van der Waals surface area contributed by atoms with Crippen molar-refractivity contribution in [3.05, 3.63) is 23.9 Å². The summed E-state index contributed by atoms with van der Waals surface area (Å²) in [7, 11) is 1.65. The van der Waals surface area contributed by atoms with Crippen LogP contribution in [-0.4, -0.2) is 40.2 Å². The molecule has 1 aromatic rings. The third kappa shape index (κ3) is 3.02. The first-order valence-corrected chi connectivity index (χ1v) is 7.62. The van der Waals surface area contributed by atoms with Gasteiger partial charge in [-0.3, -0.25) is 9.69 Å². The van der Waals surface area contributed by atoms with E-state index in [9.17, 15) is 4.79 Å². The molecular formula is C16H22N2O3. The van der Waals surface area contributed by atoms with E-state index >= 15 is 0 Å². The number of carboxylic acids is 1. The van der Waals surface area contributed by atoms with E-state index in [0.717, 1.165) is 24.9 Å². The van der Waals surface area contributed by atoms with Crippen LogP contribution >= 0.6 is 0 Å². The van der Waals surface area contributed by atoms with Crippen molar-refractivity contribution < 1.29 is 14.6 Å². The van der Waals surface area contributed by atoms with Crippen LogP contribution in [0.3, 0.4) is 0 Å². The molecule has 3 rings (SSSR count). The number of carbonyl (C=O) groups is 1. The standard InChI is InChI=1S/C16H22N2O3/c1-21-16-12(3-2-6-17-16)10-18-13-4-5-14(18)8-11(7-13)9-15(19)20/h2-3,6,11,13-14H,4-5,7-10H2,1H3,(H,19,20). The van der Waals surface area contributed by atoms with Gasteiger partial charge in [0.05, 0.1) is 7.11 Å². The zero-order chi connectivity index (χ0) is 14.8. The Morgan fingerprint density at radius 1 is 1.43 bits per heavy atom. The molecule has 0 radical (unpaired) electrons. The van der Waals surface area contributed by atoms with Gasteiger partial charge in [0.15, 0.2) is 0 Å². The van der Waals surface area contributed by atoms with E-state index in [1.807, 2.05) is 6.07 Å². The molecule has 2 atom stereocenters. The Kier molecular flexibility index (Phi) is 4.10. The second-order valence-corrected chi connectivity index (χ2v) is 6.16. The fourth-order valence-electron chi connectivity index (χ4n) is 3.98. The van der Waals surface area contributed by atoms with Crippen molar-refractivity contribution in [3.63, 3.8) is 0 Å². The summed E-state index contributed by atoms with van der Waals surface area (Å²) in [4.78, 5) is 17.7. The summed E-state index contributed by atoms with van der Waals surface area (Å²) in [6, 6.07) is 5.03. The number of piperidine rings is 1. The number of methoxy groups -OCH3 is 1. The summed E-state index contributed by atoms with van der Waals surface area (Å²) in [6.07, 6.45) is 6.44. The van der Waals surface area contributed by atoms with Crippen molar-refractivity contribution in [3.8, 4) is 5.88 Å². The number of rotatable bonds is 5. The van der Waals surface area contributed by atoms with E-state index in [-0.39, 0.29) is 0 Å². The SMILES string of the molecule is COc1ncccc1CN1C2CCC1CC(CC(=O)O)C2. The van der Waals surface area contributed by atoms with Crippen LogP contribution < -0.4 is 4.74 Å². The van der Waals surface area contributed by atoms with Crippen molar-refractivity contribution in [1.82, 2.24) is 9.88 Å². The maximum atomic E-state index is 10.9. The molecule has 2 aliphatic heterocycles. The number of pyridine rings is 1. The Balaban J connectivity index is 1.69. The molecule has 3 heterocycles. The number of ether oxygens (including phenoxy) is 1. The highest BCUT2D eigenvalue weighted by atomic mass is 16.5. The lowest BCUT2D eigenvalue weighted by Gasteiger charge is -2.38. The molecule has 21 heavy (non-hydrogen) atoms. The van der Waals surface area contributed by atoms with E-state index < -0.39 is 5.97 Å². The van der Waals surface area contributed by atoms with Crippen LogP contribution in [-0.2, 0) is 11.3 Å². The first kappa shape index (κ1) is 14.3. The topological polar surface area (TPSA) is 62.7 Å². The quantitative estimate of drug-likeness (QED) is 0.901. The highest BCUT2D eigenvalue weighted by molar-refractivity contribution is 5.67. The molecule has 5 nitrogen and oxygen atoms in total. The fourth-order valence-corrected chi connectivity index (χ4v) is 3.98. The molecule has 2 unspecified atom stereocenters. The van der Waals surface area contributed by atoms with Crippen molar-refractivity contribution in [2.75, 3.05) is 7.11 Å². The minimum atomic E-state index is -0.665. The summed E-state index contributed by atoms with van der Waals surface area (Å²) in [5.41, 5.74) is 1.12. The first-order valence-electron chi connectivity index (χ1n) is 7.62. The van der Waals surface area contributed by atoms with Crippen LogP contribution in [0.25, 0.3) is 0 Å². The number of aromatic nitrogens is 1. The summed E-state index contributed by atoms with van der Waals surface area (Å²) >= 11 is 0. The van der Waals surface area contributed by atoms with Gasteiger partial charge in [0, 0.05) is 36.8 Å². The molecule has 0 amide bonds. The zero-order valence-corrected chi connectivity index (χ0v) is 12.4. The molecule has 0 saturated carbocycles. The Morgan fingerprint density at radius 2 is 2.14 bits per heavy atom. The van der Waals surface area contributed by atoms with Gasteiger partial charge in [-0.25, -0.2) is 4.98 Å². The van der Waals surface area contributed by atoms with E-state index in [1.165, 1.54) is 12.8 Å². The molecule has 1 N–H and O–H groups in total. The number of carboxylic acid groups (broad SMARTS) is 1. The highest BCUT2D eigenvalue weighted by Crippen LogP contribution is 2.41. The van der Waals surface area contributed by atoms with Crippen molar-refractivity contribution in [1.29, 1.82) is 0 Å². The van der Waals surface area contributed by atoms with Crippen molar-refractivity contribution in [2.45, 2.75) is 50.7 Å². The second-order valence-electron chi connectivity index (χ2n) is 6.16. The van der Waals surface area contributed by atoms with Gasteiger partial charge in [0.25, 0.3) is 0 Å². The summed E-state index contributed by atoms with van der Waals surface area (Å²) < 4.78 is 5.34. The summed E-state index contributed by atoms with van der Waals surface area (Å²) in [6.45, 7) is 0.853. The minimum absolute atomic E-state index is 0.317. The van der Waals surface area contributed by atoms with E-state index in [1.54, 1.807) is 13.3 Å². The van der Waals surface area contributed by atoms with E-state index in [2.05, 4.69) is 16.0 Å². The van der Waals surface area contributed by atoms with Crippen molar-refractivity contribution in [2.24, 2.45) is 5.92 Å². The average Bonchev–Trinajstić information content (AvgIpc) is 2.70. The van der Waals surface area contributed by atoms with Gasteiger partial charge in [0.1, 0.15) is 0 Å². The number of nitrogens with zero attached hydrogens (tertiary/aromatic N) is 2. The fraction of sp³-hybridized carbons (Fsp3) is 0.625. The molecule has 0 aromatic carbocycles. The number of hydrogen-bond donors (Lipinski definition) is 1. The summed E-state index contributed by atoms with van der Waals surface area (Å²) in [5.74, 6) is 0.374. The smallest absolute Gasteiger partial charge is 0.303 e. The minimum Gasteiger partial charge on any atom is -0.481 e. The Hall–Kier alpha value is -1.62. The van der Waals surface area contributed by atoms with Crippen molar-refractivity contribution >= 4 is 5.97 Å². The van der Waals surface area contributed by atoms with Crippen LogP contribution in [0.1, 0.15) is 37.7 Å². The first-order chi connectivity index (χ1) is 10.2. The van der Waals surface area contributed by atoms with Gasteiger partial charge in [-0.05, 0) is 37.7 Å². The molecule has 2 aliphatic rings. The number of hydrogen-bond acceptors (Lipinski definition) is 4. The van der Waals surface area contributed by atoms with Gasteiger partial charge in [0.2, 0.25) is 5.88 Å². The monoisotopic (exact) mass is 290 g/mol. The Labute approximate surface area is 124 Å². The maximum Gasteiger partial charge on any atom is 0.303 e. The highest BCUT2D eigenvalue weighted by Gasteiger charge is 2.41. The molecule has 5 heteroatoms. The van der Waals surface area contributed by atoms with Crippen LogP contribution in [0.2, 0.25) is 0 Å². The van der Waals surface area contributed by atoms with Gasteiger partial charge >= 0.3 is 5.97 Å². The predicted molar refractivity (Wildman–Crippen MR) is 78.1 cm³/mol. The third-order valence-electron chi connectivity index (χ3n) is 4.84. The lowest BCUT2D eigenvalue weighted by atomic mass is 9.88. The molecule has 2 saturated heterocycles. The molecule has 0 aliphatic carbocycles. The van der Waals surface area contributed by atoms with Crippen LogP contribution in [0.5, 0.6) is 5.88 Å². The average molecular weight is 290 g/mol. The third-order valence-corrected chi connectivity index (χ3v) is 4.84. The van der Waals surface area contributed by atoms with Gasteiger partial charge in [-0.2, -0.15) is 0 Å². The van der Waals surface area contributed by atoms with E-state index in [0.29, 0.717) is 30.3 Å². The Morgan fingerprint density at radius 3 is 2.76 bits per heavy atom. The zero-order valence-electron chi connectivity index (χ0n) is 12.4. The molecular weight excluding hydrogens is 268 g/mol. The molecule has 1 aromatic heterocycles. The molecule has 2 fully saturated rings. The normalized spacial score (nSPS) is 28.5. The van der Waals surface area contributed by atoms with Crippen LogP contribution in [0.15, 0.2) is 18.3 Å². The largest absolute Gasteiger partial charge is 0.481 e.